The maximum atomic E-state index is 13.6. The Hall–Kier alpha value is -1.56. The molecule has 5 rings (SSSR count). The van der Waals surface area contributed by atoms with Gasteiger partial charge in [0, 0.05) is 50.5 Å². The summed E-state index contributed by atoms with van der Waals surface area (Å²) in [6.45, 7) is 9.67. The second-order valence-corrected chi connectivity index (χ2v) is 12.2. The van der Waals surface area contributed by atoms with Gasteiger partial charge in [-0.3, -0.25) is 9.78 Å². The zero-order valence-electron chi connectivity index (χ0n) is 22.8. The average Bonchev–Trinajstić information content (AvgIpc) is 3.39. The molecular formula is C30H46F2N2O2. The summed E-state index contributed by atoms with van der Waals surface area (Å²) < 4.78 is 33.0. The molecule has 202 valence electrons. The predicted octanol–water partition coefficient (Wildman–Crippen LogP) is 7.29. The van der Waals surface area contributed by atoms with Crippen LogP contribution in [0.2, 0.25) is 0 Å². The summed E-state index contributed by atoms with van der Waals surface area (Å²) in [6, 6.07) is 1.54. The monoisotopic (exact) mass is 504 g/mol. The number of nitrogens with zero attached hydrogens (tertiary/aromatic N) is 2. The number of rotatable bonds is 5. The highest BCUT2D eigenvalue weighted by Gasteiger charge is 2.55. The van der Waals surface area contributed by atoms with E-state index >= 15 is 0 Å². The molecule has 1 aromatic heterocycles. The number of aromatic nitrogens is 1. The lowest BCUT2D eigenvalue weighted by Gasteiger charge is -2.37. The standard InChI is InChI=1S/C20H26F2N2O.C10H20O/c1-13-8-15-4-3-6-20(15,10-13)18(25)24-7-5-17-14(12-24)9-16(11-23-17)19(2,21)22;1-3-8-11-10-7-5-4-6-9(10)2/h9,11,13,15H,3-8,10,12H2,1-2H3;9-10H,3-8H2,1-2H3/t13-,15?,20?;/m1./s1. The number of hydrogen-bond acceptors (Lipinski definition) is 3. The topological polar surface area (TPSA) is 42.4 Å². The molecule has 4 nitrogen and oxygen atoms in total. The van der Waals surface area contributed by atoms with Crippen molar-refractivity contribution in [3.05, 3.63) is 29.1 Å². The van der Waals surface area contributed by atoms with E-state index in [1.807, 2.05) is 4.90 Å². The van der Waals surface area contributed by atoms with Gasteiger partial charge in [0.25, 0.3) is 5.92 Å². The molecule has 36 heavy (non-hydrogen) atoms. The molecule has 1 aliphatic heterocycles. The molecular weight excluding hydrogens is 458 g/mol. The summed E-state index contributed by atoms with van der Waals surface area (Å²) in [7, 11) is 0. The van der Waals surface area contributed by atoms with Crippen molar-refractivity contribution in [2.75, 3.05) is 13.2 Å². The molecule has 6 heteroatoms. The van der Waals surface area contributed by atoms with E-state index in [1.54, 1.807) is 6.07 Å². The number of hydrogen-bond donors (Lipinski definition) is 0. The summed E-state index contributed by atoms with van der Waals surface area (Å²) in [4.78, 5) is 19.5. The van der Waals surface area contributed by atoms with Crippen molar-refractivity contribution < 1.29 is 18.3 Å². The molecule has 2 heterocycles. The number of ether oxygens (including phenoxy) is 1. The van der Waals surface area contributed by atoms with E-state index in [-0.39, 0.29) is 16.9 Å². The summed E-state index contributed by atoms with van der Waals surface area (Å²) in [5.41, 5.74) is 1.40. The lowest BCUT2D eigenvalue weighted by Crippen LogP contribution is -2.46. The van der Waals surface area contributed by atoms with E-state index in [0.29, 0.717) is 37.5 Å². The van der Waals surface area contributed by atoms with Gasteiger partial charge in [0.2, 0.25) is 5.91 Å². The highest BCUT2D eigenvalue weighted by Crippen LogP contribution is 2.57. The largest absolute Gasteiger partial charge is 0.378 e. The smallest absolute Gasteiger partial charge is 0.272 e. The number of fused-ring (bicyclic) bond motifs is 2. The lowest BCUT2D eigenvalue weighted by atomic mass is 9.78. The maximum absolute atomic E-state index is 13.6. The molecule has 4 aliphatic rings. The highest BCUT2D eigenvalue weighted by molar-refractivity contribution is 5.84. The van der Waals surface area contributed by atoms with E-state index < -0.39 is 5.92 Å². The average molecular weight is 505 g/mol. The highest BCUT2D eigenvalue weighted by atomic mass is 19.3. The van der Waals surface area contributed by atoms with Crippen molar-refractivity contribution in [2.45, 2.75) is 117 Å². The molecule has 0 bridgehead atoms. The number of halogens is 2. The predicted molar refractivity (Wildman–Crippen MR) is 139 cm³/mol. The molecule has 3 aliphatic carbocycles. The van der Waals surface area contributed by atoms with E-state index in [0.717, 1.165) is 69.2 Å². The first-order valence-electron chi connectivity index (χ1n) is 14.4. The minimum Gasteiger partial charge on any atom is -0.378 e. The van der Waals surface area contributed by atoms with E-state index in [9.17, 15) is 13.6 Å². The quantitative estimate of drug-likeness (QED) is 0.423. The van der Waals surface area contributed by atoms with Crippen LogP contribution in [-0.4, -0.2) is 35.0 Å². The third kappa shape index (κ3) is 5.95. The molecule has 1 amide bonds. The van der Waals surface area contributed by atoms with E-state index in [2.05, 4.69) is 25.8 Å². The first-order chi connectivity index (χ1) is 17.1. The lowest BCUT2D eigenvalue weighted by molar-refractivity contribution is -0.144. The molecule has 3 fully saturated rings. The summed E-state index contributed by atoms with van der Waals surface area (Å²) in [5.74, 6) is -0.710. The van der Waals surface area contributed by atoms with Crippen LogP contribution in [0.5, 0.6) is 0 Å². The second kappa shape index (κ2) is 11.4. The first kappa shape index (κ1) is 27.5. The Labute approximate surface area is 216 Å². The number of amides is 1. The van der Waals surface area contributed by atoms with Crippen LogP contribution >= 0.6 is 0 Å². The summed E-state index contributed by atoms with van der Waals surface area (Å²) in [5, 5.41) is 0. The van der Waals surface area contributed by atoms with E-state index in [1.165, 1.54) is 31.9 Å². The van der Waals surface area contributed by atoms with Crippen LogP contribution in [0.4, 0.5) is 8.78 Å². The van der Waals surface area contributed by atoms with Gasteiger partial charge in [-0.1, -0.05) is 40.0 Å². The Kier molecular flexibility index (Phi) is 8.74. The Morgan fingerprint density at radius 2 is 2.00 bits per heavy atom. The van der Waals surface area contributed by atoms with E-state index in [4.69, 9.17) is 4.74 Å². The molecule has 5 atom stereocenters. The minimum absolute atomic E-state index is 0.0630. The number of carbonyl (C=O) groups excluding carboxylic acids is 1. The van der Waals surface area contributed by atoms with Crippen LogP contribution in [0, 0.1) is 23.2 Å². The Morgan fingerprint density at radius 1 is 1.22 bits per heavy atom. The van der Waals surface area contributed by atoms with Gasteiger partial charge in [0.05, 0.1) is 11.5 Å². The van der Waals surface area contributed by atoms with Gasteiger partial charge >= 0.3 is 0 Å². The Balaban J connectivity index is 0.000000233. The molecule has 0 spiro atoms. The molecule has 1 aromatic rings. The van der Waals surface area contributed by atoms with Crippen LogP contribution in [0.15, 0.2) is 12.3 Å². The number of alkyl halides is 2. The first-order valence-corrected chi connectivity index (χ1v) is 14.4. The van der Waals surface area contributed by atoms with Gasteiger partial charge < -0.3 is 9.64 Å². The molecule has 4 unspecified atom stereocenters. The fourth-order valence-electron chi connectivity index (χ4n) is 7.27. The minimum atomic E-state index is -2.90. The van der Waals surface area contributed by atoms with Crippen molar-refractivity contribution >= 4 is 5.91 Å². The Morgan fingerprint density at radius 3 is 2.72 bits per heavy atom. The molecule has 3 saturated carbocycles. The zero-order chi connectivity index (χ0) is 25.9. The van der Waals surface area contributed by atoms with Crippen LogP contribution in [-0.2, 0) is 28.4 Å². The maximum Gasteiger partial charge on any atom is 0.272 e. The van der Waals surface area contributed by atoms with Gasteiger partial charge in [0.15, 0.2) is 0 Å². The molecule has 0 radical (unpaired) electrons. The normalized spacial score (nSPS) is 31.9. The van der Waals surface area contributed by atoms with Crippen molar-refractivity contribution in [1.29, 1.82) is 0 Å². The van der Waals surface area contributed by atoms with Gasteiger partial charge in [-0.25, -0.2) is 8.78 Å². The van der Waals surface area contributed by atoms with Gasteiger partial charge in [-0.2, -0.15) is 0 Å². The number of carbonyl (C=O) groups is 1. The van der Waals surface area contributed by atoms with Gasteiger partial charge in [0.1, 0.15) is 0 Å². The van der Waals surface area contributed by atoms with Gasteiger partial charge in [-0.05, 0) is 74.3 Å². The number of pyridine rings is 1. The van der Waals surface area contributed by atoms with Gasteiger partial charge in [-0.15, -0.1) is 0 Å². The van der Waals surface area contributed by atoms with Crippen LogP contribution in [0.1, 0.15) is 109 Å². The van der Waals surface area contributed by atoms with Crippen molar-refractivity contribution in [3.63, 3.8) is 0 Å². The van der Waals surface area contributed by atoms with Crippen molar-refractivity contribution in [3.8, 4) is 0 Å². The van der Waals surface area contributed by atoms with Crippen LogP contribution < -0.4 is 0 Å². The molecule has 0 saturated heterocycles. The van der Waals surface area contributed by atoms with Crippen molar-refractivity contribution in [2.24, 2.45) is 23.2 Å². The fourth-order valence-corrected chi connectivity index (χ4v) is 7.27. The van der Waals surface area contributed by atoms with Crippen LogP contribution in [0.25, 0.3) is 0 Å². The van der Waals surface area contributed by atoms with Crippen LogP contribution in [0.3, 0.4) is 0 Å². The third-order valence-electron chi connectivity index (χ3n) is 9.19. The summed E-state index contributed by atoms with van der Waals surface area (Å²) >= 11 is 0. The summed E-state index contributed by atoms with van der Waals surface area (Å²) in [6.07, 6.45) is 14.6. The second-order valence-electron chi connectivity index (χ2n) is 12.2. The zero-order valence-corrected chi connectivity index (χ0v) is 22.8. The third-order valence-corrected chi connectivity index (χ3v) is 9.19. The molecule has 0 aromatic carbocycles. The molecule has 0 N–H and O–H groups in total. The Bertz CT molecular complexity index is 901. The fraction of sp³-hybridized carbons (Fsp3) is 0.800. The SMILES string of the molecule is CCCOC1CCCCC1C.C[C@@H]1CC2CCCC2(C(=O)N2CCc3ncc(C(C)(F)F)cc3C2)C1. The van der Waals surface area contributed by atoms with Crippen molar-refractivity contribution in [1.82, 2.24) is 9.88 Å².